The lowest BCUT2D eigenvalue weighted by atomic mass is 9.90. The molecule has 1 amide bonds. The van der Waals surface area contributed by atoms with Crippen LogP contribution in [0.3, 0.4) is 0 Å². The second kappa shape index (κ2) is 5.73. The lowest BCUT2D eigenvalue weighted by Crippen LogP contribution is -2.28. The van der Waals surface area contributed by atoms with Crippen molar-refractivity contribution in [2.24, 2.45) is 23.7 Å². The highest BCUT2D eigenvalue weighted by molar-refractivity contribution is 5.77. The lowest BCUT2D eigenvalue weighted by molar-refractivity contribution is -0.133. The first-order chi connectivity index (χ1) is 11.1. The highest BCUT2D eigenvalue weighted by atomic mass is 16.2. The third kappa shape index (κ3) is 2.91. The summed E-state index contributed by atoms with van der Waals surface area (Å²) in [5.41, 5.74) is 2.18. The SMILES string of the molecule is CC(C)Cc1ncc2c(n1)CN(C(=O)C[C@@H]1C[C@@H]3C=C[C@H]1C3)C2. The fourth-order valence-corrected chi connectivity index (χ4v) is 4.32. The largest absolute Gasteiger partial charge is 0.332 e. The van der Waals surface area contributed by atoms with Gasteiger partial charge in [-0.25, -0.2) is 9.97 Å². The molecule has 4 nitrogen and oxygen atoms in total. The minimum atomic E-state index is 0.291. The standard InChI is InChI=1S/C19H25N3O/c1-12(2)5-18-20-9-16-10-22(11-17(16)21-18)19(23)8-15-7-13-3-4-14(15)6-13/h3-4,9,12-15H,5-8,10-11H2,1-2H3/t13-,14+,15+/m1/s1. The molecule has 0 N–H and O–H groups in total. The Morgan fingerprint density at radius 3 is 2.87 bits per heavy atom. The molecular formula is C19H25N3O. The first-order valence-corrected chi connectivity index (χ1v) is 8.88. The summed E-state index contributed by atoms with van der Waals surface area (Å²) < 4.78 is 0. The normalized spacial score (nSPS) is 28.0. The molecule has 122 valence electrons. The average molecular weight is 311 g/mol. The van der Waals surface area contributed by atoms with Gasteiger partial charge in [-0.15, -0.1) is 0 Å². The third-order valence-corrected chi connectivity index (χ3v) is 5.50. The molecule has 4 rings (SSSR count). The van der Waals surface area contributed by atoms with Crippen molar-refractivity contribution in [3.05, 3.63) is 35.4 Å². The van der Waals surface area contributed by atoms with E-state index >= 15 is 0 Å². The Kier molecular flexibility index (Phi) is 3.70. The summed E-state index contributed by atoms with van der Waals surface area (Å²) in [7, 11) is 0. The molecule has 1 aromatic heterocycles. The second-order valence-electron chi connectivity index (χ2n) is 7.85. The quantitative estimate of drug-likeness (QED) is 0.803. The maximum Gasteiger partial charge on any atom is 0.223 e. The van der Waals surface area contributed by atoms with Crippen molar-refractivity contribution in [1.82, 2.24) is 14.9 Å². The second-order valence-corrected chi connectivity index (χ2v) is 7.85. The summed E-state index contributed by atoms with van der Waals surface area (Å²) in [5.74, 6) is 3.69. The van der Waals surface area contributed by atoms with Crippen LogP contribution in [0.15, 0.2) is 18.3 Å². The van der Waals surface area contributed by atoms with Gasteiger partial charge in [-0.3, -0.25) is 4.79 Å². The highest BCUT2D eigenvalue weighted by Crippen LogP contribution is 2.45. The molecule has 0 aromatic carbocycles. The van der Waals surface area contributed by atoms with Gasteiger partial charge >= 0.3 is 0 Å². The van der Waals surface area contributed by atoms with Gasteiger partial charge in [-0.2, -0.15) is 0 Å². The molecule has 1 fully saturated rings. The number of aromatic nitrogens is 2. The van der Waals surface area contributed by atoms with Crippen LogP contribution in [0, 0.1) is 23.7 Å². The van der Waals surface area contributed by atoms with Gasteiger partial charge in [-0.1, -0.05) is 26.0 Å². The first-order valence-electron chi connectivity index (χ1n) is 8.88. The van der Waals surface area contributed by atoms with Crippen molar-refractivity contribution in [2.75, 3.05) is 0 Å². The smallest absolute Gasteiger partial charge is 0.223 e. The summed E-state index contributed by atoms with van der Waals surface area (Å²) >= 11 is 0. The monoisotopic (exact) mass is 311 g/mol. The van der Waals surface area contributed by atoms with E-state index in [2.05, 4.69) is 36.0 Å². The molecule has 0 saturated heterocycles. The molecule has 1 saturated carbocycles. The molecule has 3 atom stereocenters. The van der Waals surface area contributed by atoms with E-state index in [1.807, 2.05) is 11.1 Å². The minimum absolute atomic E-state index is 0.291. The van der Waals surface area contributed by atoms with Gasteiger partial charge in [0.2, 0.25) is 5.91 Å². The number of rotatable bonds is 4. The van der Waals surface area contributed by atoms with Crippen LogP contribution in [0.2, 0.25) is 0 Å². The zero-order valence-corrected chi connectivity index (χ0v) is 14.0. The highest BCUT2D eigenvalue weighted by Gasteiger charge is 2.38. The molecule has 2 bridgehead atoms. The van der Waals surface area contributed by atoms with Crippen LogP contribution in [0.25, 0.3) is 0 Å². The van der Waals surface area contributed by atoms with Crippen molar-refractivity contribution in [1.29, 1.82) is 0 Å². The van der Waals surface area contributed by atoms with Gasteiger partial charge in [0.25, 0.3) is 0 Å². The van der Waals surface area contributed by atoms with E-state index < -0.39 is 0 Å². The molecule has 1 aliphatic heterocycles. The van der Waals surface area contributed by atoms with Crippen LogP contribution in [-0.4, -0.2) is 20.8 Å². The van der Waals surface area contributed by atoms with Gasteiger partial charge in [0.15, 0.2) is 0 Å². The fraction of sp³-hybridized carbons (Fsp3) is 0.632. The molecule has 4 heteroatoms. The van der Waals surface area contributed by atoms with Crippen molar-refractivity contribution in [3.8, 4) is 0 Å². The zero-order chi connectivity index (χ0) is 16.0. The topological polar surface area (TPSA) is 46.1 Å². The minimum Gasteiger partial charge on any atom is -0.332 e. The number of fused-ring (bicyclic) bond motifs is 3. The molecule has 0 radical (unpaired) electrons. The van der Waals surface area contributed by atoms with Crippen molar-refractivity contribution >= 4 is 5.91 Å². The van der Waals surface area contributed by atoms with E-state index in [-0.39, 0.29) is 0 Å². The van der Waals surface area contributed by atoms with E-state index in [0.29, 0.717) is 43.2 Å². The molecule has 2 heterocycles. The Hall–Kier alpha value is -1.71. The Morgan fingerprint density at radius 1 is 1.30 bits per heavy atom. The van der Waals surface area contributed by atoms with E-state index in [9.17, 15) is 4.79 Å². The Morgan fingerprint density at radius 2 is 2.17 bits per heavy atom. The molecule has 23 heavy (non-hydrogen) atoms. The Labute approximate surface area is 138 Å². The van der Waals surface area contributed by atoms with Crippen molar-refractivity contribution in [2.45, 2.75) is 52.6 Å². The van der Waals surface area contributed by atoms with E-state index in [1.165, 1.54) is 12.8 Å². The summed E-state index contributed by atoms with van der Waals surface area (Å²) in [4.78, 5) is 23.8. The number of allylic oxidation sites excluding steroid dienone is 2. The third-order valence-electron chi connectivity index (χ3n) is 5.50. The Balaban J connectivity index is 1.39. The predicted molar refractivity (Wildman–Crippen MR) is 88.3 cm³/mol. The maximum absolute atomic E-state index is 12.7. The predicted octanol–water partition coefficient (Wildman–Crippen LogP) is 3.12. The fourth-order valence-electron chi connectivity index (χ4n) is 4.32. The Bertz CT molecular complexity index is 652. The van der Waals surface area contributed by atoms with E-state index in [1.54, 1.807) is 0 Å². The molecule has 1 aromatic rings. The molecule has 0 spiro atoms. The molecule has 2 aliphatic carbocycles. The summed E-state index contributed by atoms with van der Waals surface area (Å²) in [6, 6.07) is 0. The average Bonchev–Trinajstić information content (AvgIpc) is 3.20. The number of carbonyl (C=O) groups excluding carboxylic acids is 1. The number of hydrogen-bond donors (Lipinski definition) is 0. The van der Waals surface area contributed by atoms with Gasteiger partial charge < -0.3 is 4.90 Å². The van der Waals surface area contributed by atoms with Crippen LogP contribution < -0.4 is 0 Å². The number of amides is 1. The van der Waals surface area contributed by atoms with Crippen LogP contribution in [0.1, 0.15) is 50.2 Å². The number of hydrogen-bond acceptors (Lipinski definition) is 3. The van der Waals surface area contributed by atoms with E-state index in [4.69, 9.17) is 0 Å². The van der Waals surface area contributed by atoms with Gasteiger partial charge in [-0.05, 0) is 36.5 Å². The van der Waals surface area contributed by atoms with Crippen LogP contribution in [0.4, 0.5) is 0 Å². The number of nitrogens with zero attached hydrogens (tertiary/aromatic N) is 3. The zero-order valence-electron chi connectivity index (χ0n) is 14.0. The van der Waals surface area contributed by atoms with Crippen molar-refractivity contribution in [3.63, 3.8) is 0 Å². The van der Waals surface area contributed by atoms with Gasteiger partial charge in [0.1, 0.15) is 5.82 Å². The van der Waals surface area contributed by atoms with Crippen LogP contribution in [0.5, 0.6) is 0 Å². The molecule has 3 aliphatic rings. The number of carbonyl (C=O) groups is 1. The van der Waals surface area contributed by atoms with Gasteiger partial charge in [0, 0.05) is 31.1 Å². The summed E-state index contributed by atoms with van der Waals surface area (Å²) in [6.45, 7) is 5.71. The van der Waals surface area contributed by atoms with Crippen LogP contribution in [-0.2, 0) is 24.3 Å². The maximum atomic E-state index is 12.7. The van der Waals surface area contributed by atoms with Gasteiger partial charge in [0.05, 0.1) is 12.2 Å². The van der Waals surface area contributed by atoms with Crippen LogP contribution >= 0.6 is 0 Å². The molecule has 0 unspecified atom stereocenters. The summed E-state index contributed by atoms with van der Waals surface area (Å²) in [6.07, 6.45) is 10.7. The lowest BCUT2D eigenvalue weighted by Gasteiger charge is -2.21. The first kappa shape index (κ1) is 14.9. The molecular weight excluding hydrogens is 286 g/mol. The van der Waals surface area contributed by atoms with Crippen molar-refractivity contribution < 1.29 is 4.79 Å². The summed E-state index contributed by atoms with van der Waals surface area (Å²) in [5, 5.41) is 0. The van der Waals surface area contributed by atoms with E-state index in [0.717, 1.165) is 29.4 Å².